The molecule has 0 aliphatic carbocycles. The van der Waals surface area contributed by atoms with Gasteiger partial charge in [-0.05, 0) is 98.3 Å². The lowest BCUT2D eigenvalue weighted by atomic mass is 9.33. The number of anilines is 6. The van der Waals surface area contributed by atoms with Crippen LogP contribution in [0.4, 0.5) is 34.1 Å². The molecule has 8 aromatic carbocycles. The molecule has 0 radical (unpaired) electrons. The fourth-order valence-electron chi connectivity index (χ4n) is 9.95. The van der Waals surface area contributed by atoms with Crippen LogP contribution in [0.25, 0.3) is 0 Å². The van der Waals surface area contributed by atoms with E-state index in [1.165, 1.54) is 72.5 Å². The van der Waals surface area contributed by atoms with E-state index in [0.717, 1.165) is 11.4 Å². The van der Waals surface area contributed by atoms with Gasteiger partial charge in [0.15, 0.2) is 0 Å². The number of rotatable bonds is 8. The Hall–Kier alpha value is -6.58. The summed E-state index contributed by atoms with van der Waals surface area (Å²) in [6, 6.07) is 74.5. The van der Waals surface area contributed by atoms with Gasteiger partial charge in [0.1, 0.15) is 0 Å². The SMILES string of the molecule is CC(C)(c1ccccc1)c1cccc(N2c3ccccc3B3c4ccccc4N(c4cccc(C(C)(C)c5ccccc5)c4)c4cc(C(C)(C)c5ccccc5)cc2c43)c1. The molecule has 0 fully saturated rings. The molecule has 60 heavy (non-hydrogen) atoms. The van der Waals surface area contributed by atoms with Gasteiger partial charge in [0.2, 0.25) is 0 Å². The van der Waals surface area contributed by atoms with E-state index in [1.54, 1.807) is 0 Å². The summed E-state index contributed by atoms with van der Waals surface area (Å²) < 4.78 is 0. The predicted molar refractivity (Wildman–Crippen MR) is 256 cm³/mol. The molecule has 0 unspecified atom stereocenters. The normalized spacial score (nSPS) is 13.4. The first kappa shape index (κ1) is 37.7. The van der Waals surface area contributed by atoms with Crippen LogP contribution in [0, 0.1) is 0 Å². The van der Waals surface area contributed by atoms with Crippen molar-refractivity contribution in [3.63, 3.8) is 0 Å². The molecule has 0 atom stereocenters. The Bertz CT molecular complexity index is 2690. The van der Waals surface area contributed by atoms with Gasteiger partial charge in [0, 0.05) is 50.4 Å². The Kier molecular flexibility index (Phi) is 8.99. The van der Waals surface area contributed by atoms with Gasteiger partial charge in [-0.1, -0.05) is 193 Å². The maximum atomic E-state index is 2.56. The lowest BCUT2D eigenvalue weighted by molar-refractivity contribution is 0.640. The minimum absolute atomic E-state index is 0.0525. The smallest absolute Gasteiger partial charge is 0.252 e. The number of hydrogen-bond donors (Lipinski definition) is 0. The fourth-order valence-corrected chi connectivity index (χ4v) is 9.95. The molecule has 0 spiro atoms. The van der Waals surface area contributed by atoms with Crippen LogP contribution in [-0.2, 0) is 16.2 Å². The van der Waals surface area contributed by atoms with Crippen LogP contribution in [-0.4, -0.2) is 6.71 Å². The molecular weight excluding hydrogens is 723 g/mol. The van der Waals surface area contributed by atoms with Crippen molar-refractivity contribution in [1.82, 2.24) is 0 Å². The average molecular weight is 775 g/mol. The topological polar surface area (TPSA) is 6.48 Å². The number of para-hydroxylation sites is 2. The zero-order chi connectivity index (χ0) is 41.2. The molecule has 0 bridgehead atoms. The Balaban J connectivity index is 1.25. The second kappa shape index (κ2) is 14.3. The molecule has 8 aromatic rings. The third kappa shape index (κ3) is 6.02. The second-order valence-electron chi connectivity index (χ2n) is 18.2. The van der Waals surface area contributed by atoms with Gasteiger partial charge in [-0.15, -0.1) is 0 Å². The van der Waals surface area contributed by atoms with E-state index in [2.05, 4.69) is 252 Å². The van der Waals surface area contributed by atoms with Gasteiger partial charge >= 0.3 is 0 Å². The van der Waals surface area contributed by atoms with Crippen molar-refractivity contribution in [2.45, 2.75) is 57.8 Å². The van der Waals surface area contributed by atoms with E-state index < -0.39 is 0 Å². The highest BCUT2D eigenvalue weighted by molar-refractivity contribution is 7.00. The predicted octanol–water partition coefficient (Wildman–Crippen LogP) is 12.7. The number of fused-ring (bicyclic) bond motifs is 4. The van der Waals surface area contributed by atoms with Crippen molar-refractivity contribution < 1.29 is 0 Å². The molecule has 0 saturated carbocycles. The summed E-state index contributed by atoms with van der Waals surface area (Å²) in [4.78, 5) is 5.11. The molecular formula is C57H51BN2. The molecule has 2 aliphatic rings. The van der Waals surface area contributed by atoms with E-state index in [-0.39, 0.29) is 23.0 Å². The maximum Gasteiger partial charge on any atom is 0.252 e. The third-order valence-corrected chi connectivity index (χ3v) is 13.7. The molecule has 3 heteroatoms. The van der Waals surface area contributed by atoms with Gasteiger partial charge in [-0.3, -0.25) is 0 Å². The van der Waals surface area contributed by atoms with Crippen LogP contribution in [0.2, 0.25) is 0 Å². The standard InChI is InChI=1S/C57H51BN2/c1-55(2,40-22-10-7-11-23-40)43-28-20-30-46(36-43)59-50-34-18-16-32-48(50)58-49-33-17-19-35-51(49)60(47-31-21-29-44(37-47)56(3,4)41-24-12-8-13-25-41)53-39-45(38-52(59)54(53)58)57(5,6)42-26-14-9-15-27-42/h7-39H,1-6H3. The summed E-state index contributed by atoms with van der Waals surface area (Å²) in [6.07, 6.45) is 0. The van der Waals surface area contributed by atoms with Crippen molar-refractivity contribution in [2.24, 2.45) is 0 Å². The molecule has 2 aliphatic heterocycles. The van der Waals surface area contributed by atoms with Crippen LogP contribution >= 0.6 is 0 Å². The molecule has 10 rings (SSSR count). The minimum Gasteiger partial charge on any atom is -0.311 e. The zero-order valence-corrected chi connectivity index (χ0v) is 35.5. The van der Waals surface area contributed by atoms with Crippen molar-refractivity contribution >= 4 is 57.2 Å². The van der Waals surface area contributed by atoms with Crippen LogP contribution in [0.15, 0.2) is 200 Å². The molecule has 0 saturated heterocycles. The zero-order valence-electron chi connectivity index (χ0n) is 35.5. The van der Waals surface area contributed by atoms with Crippen molar-refractivity contribution in [3.8, 4) is 0 Å². The van der Waals surface area contributed by atoms with Gasteiger partial charge in [0.25, 0.3) is 6.71 Å². The Morgan fingerprint density at radius 3 is 1.03 bits per heavy atom. The Labute approximate surface area is 356 Å². The highest BCUT2D eigenvalue weighted by Crippen LogP contribution is 2.48. The summed E-state index contributed by atoms with van der Waals surface area (Å²) in [5.74, 6) is 0. The summed E-state index contributed by atoms with van der Waals surface area (Å²) in [5, 5.41) is 0. The van der Waals surface area contributed by atoms with Crippen LogP contribution in [0.3, 0.4) is 0 Å². The lowest BCUT2D eigenvalue weighted by Gasteiger charge is -2.45. The lowest BCUT2D eigenvalue weighted by Crippen LogP contribution is -2.61. The summed E-state index contributed by atoms with van der Waals surface area (Å²) in [7, 11) is 0. The molecule has 2 heterocycles. The van der Waals surface area contributed by atoms with Gasteiger partial charge in [0.05, 0.1) is 0 Å². The first-order chi connectivity index (χ1) is 29.0. The first-order valence-electron chi connectivity index (χ1n) is 21.4. The quantitative estimate of drug-likeness (QED) is 0.142. The third-order valence-electron chi connectivity index (χ3n) is 13.7. The Morgan fingerprint density at radius 1 is 0.300 bits per heavy atom. The van der Waals surface area contributed by atoms with Crippen LogP contribution in [0.5, 0.6) is 0 Å². The van der Waals surface area contributed by atoms with E-state index in [0.29, 0.717) is 0 Å². The fraction of sp³-hybridized carbons (Fsp3) is 0.158. The largest absolute Gasteiger partial charge is 0.311 e. The number of hydrogen-bond acceptors (Lipinski definition) is 2. The van der Waals surface area contributed by atoms with Crippen molar-refractivity contribution in [1.29, 1.82) is 0 Å². The molecule has 292 valence electrons. The van der Waals surface area contributed by atoms with E-state index >= 15 is 0 Å². The highest BCUT2D eigenvalue weighted by atomic mass is 15.2. The van der Waals surface area contributed by atoms with Gasteiger partial charge < -0.3 is 9.80 Å². The second-order valence-corrected chi connectivity index (χ2v) is 18.2. The molecule has 2 nitrogen and oxygen atoms in total. The average Bonchev–Trinajstić information content (AvgIpc) is 3.29. The van der Waals surface area contributed by atoms with E-state index in [9.17, 15) is 0 Å². The summed E-state index contributed by atoms with van der Waals surface area (Å²) >= 11 is 0. The van der Waals surface area contributed by atoms with Gasteiger partial charge in [-0.2, -0.15) is 0 Å². The highest BCUT2D eigenvalue weighted by Gasteiger charge is 2.44. The minimum atomic E-state index is -0.290. The van der Waals surface area contributed by atoms with Crippen molar-refractivity contribution in [3.05, 3.63) is 234 Å². The monoisotopic (exact) mass is 774 g/mol. The van der Waals surface area contributed by atoms with Crippen LogP contribution < -0.4 is 26.2 Å². The maximum absolute atomic E-state index is 2.56. The first-order valence-corrected chi connectivity index (χ1v) is 21.4. The number of nitrogens with zero attached hydrogens (tertiary/aromatic N) is 2. The molecule has 0 aromatic heterocycles. The van der Waals surface area contributed by atoms with E-state index in [4.69, 9.17) is 0 Å². The van der Waals surface area contributed by atoms with Crippen LogP contribution in [0.1, 0.15) is 74.9 Å². The molecule has 0 N–H and O–H groups in total. The summed E-state index contributed by atoms with van der Waals surface area (Å²) in [6.45, 7) is 14.2. The summed E-state index contributed by atoms with van der Waals surface area (Å²) in [5.41, 5.74) is 18.3. The van der Waals surface area contributed by atoms with Gasteiger partial charge in [-0.25, -0.2) is 0 Å². The van der Waals surface area contributed by atoms with E-state index in [1.807, 2.05) is 0 Å². The number of benzene rings is 8. The molecule has 0 amide bonds. The van der Waals surface area contributed by atoms with Crippen molar-refractivity contribution in [2.75, 3.05) is 9.80 Å². The Morgan fingerprint density at radius 2 is 0.633 bits per heavy atom.